The van der Waals surface area contributed by atoms with Gasteiger partial charge in [-0.25, -0.2) is 8.78 Å². The number of ether oxygens (including phenoxy) is 1. The van der Waals surface area contributed by atoms with E-state index in [4.69, 9.17) is 4.74 Å². The van der Waals surface area contributed by atoms with Crippen LogP contribution in [0.4, 0.5) is 14.5 Å². The second kappa shape index (κ2) is 8.06. The highest BCUT2D eigenvalue weighted by Crippen LogP contribution is 2.22. The van der Waals surface area contributed by atoms with Gasteiger partial charge in [0.05, 0.1) is 11.9 Å². The Balaban J connectivity index is 1.57. The Kier molecular flexibility index (Phi) is 5.36. The van der Waals surface area contributed by atoms with Crippen LogP contribution in [0.25, 0.3) is 0 Å². The molecule has 3 rings (SSSR count). The molecule has 0 aromatic heterocycles. The summed E-state index contributed by atoms with van der Waals surface area (Å²) in [5.74, 6) is -1.79. The molecule has 25 heavy (non-hydrogen) atoms. The number of para-hydroxylation sites is 2. The van der Waals surface area contributed by atoms with E-state index in [1.54, 1.807) is 6.21 Å². The first-order valence-electron chi connectivity index (χ1n) is 7.72. The summed E-state index contributed by atoms with van der Waals surface area (Å²) in [6.45, 7) is 0.0809. The molecule has 3 aromatic carbocycles. The Morgan fingerprint density at radius 2 is 1.52 bits per heavy atom. The summed E-state index contributed by atoms with van der Waals surface area (Å²) in [6.07, 6.45) is 1.69. The van der Waals surface area contributed by atoms with Gasteiger partial charge in [-0.15, -0.1) is 0 Å². The Bertz CT molecular complexity index is 829. The molecule has 0 amide bonds. The molecule has 0 fully saturated rings. The number of rotatable bonds is 6. The number of hydrogen-bond donors (Lipinski definition) is 1. The first kappa shape index (κ1) is 16.6. The van der Waals surface area contributed by atoms with E-state index >= 15 is 0 Å². The van der Waals surface area contributed by atoms with Crippen LogP contribution in [-0.4, -0.2) is 6.21 Å². The van der Waals surface area contributed by atoms with Crippen molar-refractivity contribution in [1.82, 2.24) is 0 Å². The Morgan fingerprint density at radius 3 is 2.20 bits per heavy atom. The highest BCUT2D eigenvalue weighted by molar-refractivity contribution is 5.80. The fraction of sp³-hybridized carbons (Fsp3) is 0.0500. The van der Waals surface area contributed by atoms with E-state index < -0.39 is 11.6 Å². The van der Waals surface area contributed by atoms with E-state index in [9.17, 15) is 8.78 Å². The molecule has 3 aromatic rings. The van der Waals surface area contributed by atoms with Crippen LogP contribution in [0.1, 0.15) is 11.1 Å². The molecule has 0 aliphatic heterocycles. The molecule has 0 atom stereocenters. The summed E-state index contributed by atoms with van der Waals surface area (Å²) in [6, 6.07) is 20.6. The van der Waals surface area contributed by atoms with Crippen molar-refractivity contribution in [3.05, 3.63) is 95.6 Å². The van der Waals surface area contributed by atoms with Crippen molar-refractivity contribution in [2.45, 2.75) is 6.61 Å². The van der Waals surface area contributed by atoms with Crippen LogP contribution < -0.4 is 10.2 Å². The summed E-state index contributed by atoms with van der Waals surface area (Å²) in [5, 5.41) is 4.15. The van der Waals surface area contributed by atoms with Gasteiger partial charge in [0.15, 0.2) is 17.4 Å². The molecule has 0 bridgehead atoms. The molecular formula is C20H16F2N2O. The lowest BCUT2D eigenvalue weighted by Gasteiger charge is -2.08. The van der Waals surface area contributed by atoms with Crippen LogP contribution in [0.3, 0.4) is 0 Å². The normalized spacial score (nSPS) is 10.8. The summed E-state index contributed by atoms with van der Waals surface area (Å²) >= 11 is 0. The van der Waals surface area contributed by atoms with E-state index in [-0.39, 0.29) is 12.4 Å². The van der Waals surface area contributed by atoms with Gasteiger partial charge in [0, 0.05) is 0 Å². The maximum Gasteiger partial charge on any atom is 0.191 e. The minimum atomic E-state index is -0.712. The van der Waals surface area contributed by atoms with Crippen molar-refractivity contribution in [2.75, 3.05) is 5.43 Å². The van der Waals surface area contributed by atoms with Crippen LogP contribution in [-0.2, 0) is 6.61 Å². The first-order valence-corrected chi connectivity index (χ1v) is 7.72. The molecule has 0 heterocycles. The van der Waals surface area contributed by atoms with Gasteiger partial charge in [0.2, 0.25) is 0 Å². The molecule has 126 valence electrons. The molecule has 0 aliphatic carbocycles. The van der Waals surface area contributed by atoms with E-state index in [2.05, 4.69) is 10.5 Å². The van der Waals surface area contributed by atoms with Crippen molar-refractivity contribution in [2.24, 2.45) is 5.10 Å². The maximum absolute atomic E-state index is 13.5. The van der Waals surface area contributed by atoms with Crippen molar-refractivity contribution in [3.8, 4) is 5.75 Å². The van der Waals surface area contributed by atoms with E-state index in [1.807, 2.05) is 54.6 Å². The van der Waals surface area contributed by atoms with Crippen molar-refractivity contribution in [1.29, 1.82) is 0 Å². The fourth-order valence-corrected chi connectivity index (χ4v) is 2.17. The van der Waals surface area contributed by atoms with Gasteiger partial charge >= 0.3 is 0 Å². The molecule has 0 spiro atoms. The van der Waals surface area contributed by atoms with Crippen LogP contribution in [0.2, 0.25) is 0 Å². The zero-order valence-corrected chi connectivity index (χ0v) is 13.3. The largest absolute Gasteiger partial charge is 0.483 e. The lowest BCUT2D eigenvalue weighted by atomic mass is 10.1. The minimum absolute atomic E-state index is 0.0809. The van der Waals surface area contributed by atoms with Crippen LogP contribution in [0, 0.1) is 11.6 Å². The number of anilines is 1. The third-order valence-electron chi connectivity index (χ3n) is 3.46. The number of hydrogen-bond acceptors (Lipinski definition) is 3. The predicted octanol–water partition coefficient (Wildman–Crippen LogP) is 4.99. The third-order valence-corrected chi connectivity index (χ3v) is 3.46. The second-order valence-electron chi connectivity index (χ2n) is 5.32. The molecule has 3 nitrogen and oxygen atoms in total. The van der Waals surface area contributed by atoms with Crippen molar-refractivity contribution in [3.63, 3.8) is 0 Å². The monoisotopic (exact) mass is 338 g/mol. The van der Waals surface area contributed by atoms with Gasteiger partial charge in [0.1, 0.15) is 6.61 Å². The molecule has 0 aliphatic rings. The predicted molar refractivity (Wildman–Crippen MR) is 94.8 cm³/mol. The van der Waals surface area contributed by atoms with Crippen LogP contribution >= 0.6 is 0 Å². The van der Waals surface area contributed by atoms with Gasteiger partial charge in [-0.05, 0) is 35.4 Å². The topological polar surface area (TPSA) is 33.6 Å². The number of nitrogens with zero attached hydrogens (tertiary/aromatic N) is 1. The Morgan fingerprint density at radius 1 is 0.840 bits per heavy atom. The van der Waals surface area contributed by atoms with E-state index in [0.717, 1.165) is 28.9 Å². The van der Waals surface area contributed by atoms with Gasteiger partial charge in [-0.2, -0.15) is 5.10 Å². The Labute approximate surface area is 144 Å². The van der Waals surface area contributed by atoms with Crippen molar-refractivity contribution >= 4 is 11.9 Å². The van der Waals surface area contributed by atoms with Gasteiger partial charge < -0.3 is 4.74 Å². The molecule has 0 radical (unpaired) electrons. The average molecular weight is 338 g/mol. The lowest BCUT2D eigenvalue weighted by molar-refractivity contribution is 0.274. The maximum atomic E-state index is 13.5. The lowest BCUT2D eigenvalue weighted by Crippen LogP contribution is -2.00. The number of nitrogens with one attached hydrogen (secondary N) is 1. The van der Waals surface area contributed by atoms with Crippen LogP contribution in [0.5, 0.6) is 5.75 Å². The molecule has 1 N–H and O–H groups in total. The minimum Gasteiger partial charge on any atom is -0.483 e. The number of hydrazone groups is 1. The molecule has 0 unspecified atom stereocenters. The van der Waals surface area contributed by atoms with E-state index in [1.165, 1.54) is 6.07 Å². The standard InChI is InChI=1S/C20H16F2N2O/c21-18-7-4-8-19(22)20(18)25-14-16-11-9-15(10-12-16)13-23-24-17-5-2-1-3-6-17/h1-13,24H,14H2. The number of halogens is 2. The zero-order chi connectivity index (χ0) is 17.5. The molecule has 0 saturated carbocycles. The Hall–Kier alpha value is -3.21. The van der Waals surface area contributed by atoms with Crippen molar-refractivity contribution < 1.29 is 13.5 Å². The highest BCUT2D eigenvalue weighted by Gasteiger charge is 2.09. The summed E-state index contributed by atoms with van der Waals surface area (Å²) in [4.78, 5) is 0. The summed E-state index contributed by atoms with van der Waals surface area (Å²) in [7, 11) is 0. The molecule has 5 heteroatoms. The molecular weight excluding hydrogens is 322 g/mol. The van der Waals surface area contributed by atoms with Gasteiger partial charge in [0.25, 0.3) is 0 Å². The fourth-order valence-electron chi connectivity index (χ4n) is 2.17. The smallest absolute Gasteiger partial charge is 0.191 e. The van der Waals surface area contributed by atoms with Crippen LogP contribution in [0.15, 0.2) is 77.9 Å². The second-order valence-corrected chi connectivity index (χ2v) is 5.32. The summed E-state index contributed by atoms with van der Waals surface area (Å²) in [5.41, 5.74) is 5.52. The zero-order valence-electron chi connectivity index (χ0n) is 13.3. The van der Waals surface area contributed by atoms with Gasteiger partial charge in [-0.1, -0.05) is 48.5 Å². The third kappa shape index (κ3) is 4.64. The van der Waals surface area contributed by atoms with Gasteiger partial charge in [-0.3, -0.25) is 5.43 Å². The average Bonchev–Trinajstić information content (AvgIpc) is 2.63. The summed E-state index contributed by atoms with van der Waals surface area (Å²) < 4.78 is 32.3. The molecule has 0 saturated heterocycles. The highest BCUT2D eigenvalue weighted by atomic mass is 19.1. The van der Waals surface area contributed by atoms with E-state index in [0.29, 0.717) is 0 Å². The first-order chi connectivity index (χ1) is 12.2. The SMILES string of the molecule is Fc1cccc(F)c1OCc1ccc(C=NNc2ccccc2)cc1. The quantitative estimate of drug-likeness (QED) is 0.507. The number of benzene rings is 3.